The zero-order valence-electron chi connectivity index (χ0n) is 12.2. The Morgan fingerprint density at radius 2 is 1.76 bits per heavy atom. The van der Waals surface area contributed by atoms with Crippen LogP contribution in [-0.2, 0) is 14.1 Å². The highest BCUT2D eigenvalue weighted by Gasteiger charge is 2.24. The molecule has 0 aliphatic carbocycles. The normalized spacial score (nSPS) is 16.0. The van der Waals surface area contributed by atoms with E-state index in [0.717, 1.165) is 17.7 Å². The molecular formula is C13H19N5O3. The maximum atomic E-state index is 12.1. The van der Waals surface area contributed by atoms with Crippen LogP contribution in [-0.4, -0.2) is 58.5 Å². The van der Waals surface area contributed by atoms with Gasteiger partial charge in [-0.15, -0.1) is 0 Å². The molecule has 1 aromatic rings. The molecule has 0 bridgehead atoms. The molecule has 2 rings (SSSR count). The van der Waals surface area contributed by atoms with Gasteiger partial charge in [0, 0.05) is 46.8 Å². The number of hydrogen-bond acceptors (Lipinski definition) is 6. The lowest BCUT2D eigenvalue weighted by Crippen LogP contribution is -2.50. The lowest BCUT2D eigenvalue weighted by Gasteiger charge is -2.36. The van der Waals surface area contributed by atoms with Gasteiger partial charge in [-0.1, -0.05) is 0 Å². The van der Waals surface area contributed by atoms with Gasteiger partial charge in [0.1, 0.15) is 11.9 Å². The van der Waals surface area contributed by atoms with Crippen molar-refractivity contribution in [1.29, 1.82) is 5.26 Å². The van der Waals surface area contributed by atoms with E-state index in [4.69, 9.17) is 5.11 Å². The fourth-order valence-corrected chi connectivity index (χ4v) is 2.63. The van der Waals surface area contributed by atoms with Crippen LogP contribution in [0.3, 0.4) is 0 Å². The third-order valence-corrected chi connectivity index (χ3v) is 3.83. The first-order valence-electron chi connectivity index (χ1n) is 6.79. The molecule has 1 N–H and O–H groups in total. The third-order valence-electron chi connectivity index (χ3n) is 3.83. The van der Waals surface area contributed by atoms with Crippen molar-refractivity contribution in [2.45, 2.75) is 0 Å². The summed E-state index contributed by atoms with van der Waals surface area (Å²) in [7, 11) is 2.94. The van der Waals surface area contributed by atoms with Crippen molar-refractivity contribution >= 4 is 5.82 Å². The number of anilines is 1. The van der Waals surface area contributed by atoms with Gasteiger partial charge in [-0.3, -0.25) is 18.8 Å². The molecule has 8 heteroatoms. The van der Waals surface area contributed by atoms with Crippen LogP contribution in [0, 0.1) is 11.3 Å². The number of β-amino-alcohol motifs (C(OH)–C–C–N with tert-alkyl or cyclic N) is 1. The Morgan fingerprint density at radius 3 is 2.29 bits per heavy atom. The van der Waals surface area contributed by atoms with Gasteiger partial charge < -0.3 is 10.0 Å². The first kappa shape index (κ1) is 15.3. The second kappa shape index (κ2) is 6.11. The minimum Gasteiger partial charge on any atom is -0.395 e. The van der Waals surface area contributed by atoms with Crippen LogP contribution in [0.15, 0.2) is 9.59 Å². The topological polar surface area (TPSA) is 94.5 Å². The molecule has 0 spiro atoms. The van der Waals surface area contributed by atoms with Gasteiger partial charge in [0.2, 0.25) is 0 Å². The molecule has 0 saturated carbocycles. The van der Waals surface area contributed by atoms with Gasteiger partial charge in [-0.05, 0) is 0 Å². The number of nitriles is 1. The van der Waals surface area contributed by atoms with E-state index in [9.17, 15) is 14.9 Å². The maximum absolute atomic E-state index is 12.1. The SMILES string of the molecule is Cn1c(N2CCN(CCO)CC2)c(C#N)c(=O)n(C)c1=O. The van der Waals surface area contributed by atoms with Crippen molar-refractivity contribution in [1.82, 2.24) is 14.0 Å². The summed E-state index contributed by atoms with van der Waals surface area (Å²) in [5, 5.41) is 18.2. The van der Waals surface area contributed by atoms with Crippen molar-refractivity contribution < 1.29 is 5.11 Å². The van der Waals surface area contributed by atoms with Crippen LogP contribution in [0.5, 0.6) is 0 Å². The predicted molar refractivity (Wildman–Crippen MR) is 77.4 cm³/mol. The summed E-state index contributed by atoms with van der Waals surface area (Å²) in [6.45, 7) is 3.36. The molecule has 1 saturated heterocycles. The van der Waals surface area contributed by atoms with E-state index in [0.29, 0.717) is 25.5 Å². The zero-order chi connectivity index (χ0) is 15.6. The second-order valence-electron chi connectivity index (χ2n) is 5.07. The zero-order valence-corrected chi connectivity index (χ0v) is 12.2. The Labute approximate surface area is 122 Å². The summed E-state index contributed by atoms with van der Waals surface area (Å²) in [5.41, 5.74) is -1.00. The highest BCUT2D eigenvalue weighted by molar-refractivity contribution is 5.53. The summed E-state index contributed by atoms with van der Waals surface area (Å²) in [6, 6.07) is 1.92. The lowest BCUT2D eigenvalue weighted by molar-refractivity contribution is 0.188. The molecular weight excluding hydrogens is 274 g/mol. The standard InChI is InChI=1S/C13H19N5O3/c1-15-11(10(9-14)12(20)16(2)13(15)21)18-5-3-17(4-6-18)7-8-19/h19H,3-8H2,1-2H3. The Hall–Kier alpha value is -2.11. The van der Waals surface area contributed by atoms with Crippen molar-refractivity contribution in [2.24, 2.45) is 14.1 Å². The highest BCUT2D eigenvalue weighted by Crippen LogP contribution is 2.16. The predicted octanol–water partition coefficient (Wildman–Crippen LogP) is -1.93. The van der Waals surface area contributed by atoms with Crippen molar-refractivity contribution in [3.8, 4) is 6.07 Å². The summed E-state index contributed by atoms with van der Waals surface area (Å²) in [4.78, 5) is 28.1. The molecule has 1 aromatic heterocycles. The Balaban J connectivity index is 2.40. The number of piperazine rings is 1. The summed E-state index contributed by atoms with van der Waals surface area (Å²) in [6.07, 6.45) is 0. The van der Waals surface area contributed by atoms with Crippen LogP contribution in [0.1, 0.15) is 5.56 Å². The molecule has 1 aliphatic rings. The van der Waals surface area contributed by atoms with Gasteiger partial charge in [-0.2, -0.15) is 5.26 Å². The van der Waals surface area contributed by atoms with Crippen molar-refractivity contribution in [3.05, 3.63) is 26.4 Å². The van der Waals surface area contributed by atoms with Gasteiger partial charge in [0.15, 0.2) is 5.56 Å². The summed E-state index contributed by atoms with van der Waals surface area (Å²) < 4.78 is 2.30. The maximum Gasteiger partial charge on any atom is 0.332 e. The molecule has 2 heterocycles. The molecule has 0 atom stereocenters. The average molecular weight is 293 g/mol. The minimum absolute atomic E-state index is 0.00444. The van der Waals surface area contributed by atoms with Crippen molar-refractivity contribution in [3.63, 3.8) is 0 Å². The lowest BCUT2D eigenvalue weighted by atomic mass is 10.2. The molecule has 1 aliphatic heterocycles. The number of aromatic nitrogens is 2. The van der Waals surface area contributed by atoms with Crippen LogP contribution < -0.4 is 16.1 Å². The first-order chi connectivity index (χ1) is 10.0. The molecule has 1 fully saturated rings. The van der Waals surface area contributed by atoms with E-state index in [-0.39, 0.29) is 12.2 Å². The van der Waals surface area contributed by atoms with Crippen LogP contribution in [0.2, 0.25) is 0 Å². The largest absolute Gasteiger partial charge is 0.395 e. The van der Waals surface area contributed by atoms with Gasteiger partial charge in [0.25, 0.3) is 5.56 Å². The number of nitrogens with zero attached hydrogens (tertiary/aromatic N) is 5. The fourth-order valence-electron chi connectivity index (χ4n) is 2.63. The first-order valence-corrected chi connectivity index (χ1v) is 6.79. The van der Waals surface area contributed by atoms with Crippen LogP contribution >= 0.6 is 0 Å². The monoisotopic (exact) mass is 293 g/mol. The number of hydrogen-bond donors (Lipinski definition) is 1. The number of rotatable bonds is 3. The quantitative estimate of drug-likeness (QED) is 0.697. The Morgan fingerprint density at radius 1 is 1.14 bits per heavy atom. The van der Waals surface area contributed by atoms with E-state index in [2.05, 4.69) is 4.90 Å². The van der Waals surface area contributed by atoms with E-state index >= 15 is 0 Å². The summed E-state index contributed by atoms with van der Waals surface area (Å²) in [5.74, 6) is 0.384. The Kier molecular flexibility index (Phi) is 4.45. The van der Waals surface area contributed by atoms with Gasteiger partial charge in [0.05, 0.1) is 6.61 Å². The van der Waals surface area contributed by atoms with Crippen LogP contribution in [0.4, 0.5) is 5.82 Å². The van der Waals surface area contributed by atoms with Crippen LogP contribution in [0.25, 0.3) is 0 Å². The van der Waals surface area contributed by atoms with Gasteiger partial charge in [-0.25, -0.2) is 4.79 Å². The molecule has 0 aromatic carbocycles. The summed E-state index contributed by atoms with van der Waals surface area (Å²) >= 11 is 0. The Bertz CT molecular complexity index is 677. The molecule has 0 radical (unpaired) electrons. The average Bonchev–Trinajstić information content (AvgIpc) is 2.50. The van der Waals surface area contributed by atoms with E-state index in [1.165, 1.54) is 11.6 Å². The number of aliphatic hydroxyl groups excluding tert-OH is 1. The van der Waals surface area contributed by atoms with E-state index in [1.807, 2.05) is 11.0 Å². The second-order valence-corrected chi connectivity index (χ2v) is 5.07. The molecule has 0 unspecified atom stereocenters. The molecule has 0 amide bonds. The highest BCUT2D eigenvalue weighted by atomic mass is 16.3. The van der Waals surface area contributed by atoms with E-state index < -0.39 is 11.2 Å². The smallest absolute Gasteiger partial charge is 0.332 e. The van der Waals surface area contributed by atoms with Crippen molar-refractivity contribution in [2.75, 3.05) is 44.2 Å². The molecule has 114 valence electrons. The minimum atomic E-state index is -0.562. The molecule has 8 nitrogen and oxygen atoms in total. The third kappa shape index (κ3) is 2.70. The fraction of sp³-hybridized carbons (Fsp3) is 0.615. The number of aliphatic hydroxyl groups is 1. The molecule has 21 heavy (non-hydrogen) atoms. The van der Waals surface area contributed by atoms with E-state index in [1.54, 1.807) is 7.05 Å². The van der Waals surface area contributed by atoms with Gasteiger partial charge >= 0.3 is 5.69 Å².